The fraction of sp³-hybridized carbons (Fsp3) is 0.467. The number of hydrogen-bond donors (Lipinski definition) is 1. The fourth-order valence-corrected chi connectivity index (χ4v) is 2.91. The number of rotatable bonds is 4. The van der Waals surface area contributed by atoms with Crippen LogP contribution in [-0.4, -0.2) is 39.3 Å². The number of aliphatic hydroxyl groups excluding tert-OH is 1. The zero-order valence-electron chi connectivity index (χ0n) is 11.9. The lowest BCUT2D eigenvalue weighted by Gasteiger charge is -2.23. The molecular weight excluding hydrogens is 290 g/mol. The molecular formula is C15H18ClN3O2. The molecule has 0 saturated carbocycles. The lowest BCUT2D eigenvalue weighted by Crippen LogP contribution is -2.34. The van der Waals surface area contributed by atoms with Gasteiger partial charge in [-0.1, -0.05) is 23.7 Å². The topological polar surface area (TPSA) is 62.4 Å². The number of nitrogens with zero attached hydrogens (tertiary/aromatic N) is 3. The van der Waals surface area contributed by atoms with Crippen LogP contribution in [-0.2, 0) is 6.54 Å². The number of benzene rings is 1. The molecule has 1 N–H and O–H groups in total. The standard InChI is InChI=1S/C15H18ClN3O2/c1-10-6-7-19(13(10)9-20)8-14-17-15(21-18-14)11-2-4-12(16)5-3-11/h2-5,10,13,20H,6-9H2,1H3. The molecule has 2 unspecified atom stereocenters. The highest BCUT2D eigenvalue weighted by molar-refractivity contribution is 6.30. The molecule has 2 aromatic rings. The maximum absolute atomic E-state index is 9.48. The van der Waals surface area contributed by atoms with E-state index in [9.17, 15) is 5.11 Å². The van der Waals surface area contributed by atoms with E-state index in [4.69, 9.17) is 16.1 Å². The Hall–Kier alpha value is -1.43. The van der Waals surface area contributed by atoms with Crippen molar-refractivity contribution in [3.63, 3.8) is 0 Å². The molecule has 1 saturated heterocycles. The highest BCUT2D eigenvalue weighted by Gasteiger charge is 2.31. The molecule has 6 heteroatoms. The van der Waals surface area contributed by atoms with Crippen LogP contribution in [0.4, 0.5) is 0 Å². The van der Waals surface area contributed by atoms with Crippen molar-refractivity contribution in [2.75, 3.05) is 13.2 Å². The predicted molar refractivity (Wildman–Crippen MR) is 79.8 cm³/mol. The zero-order chi connectivity index (χ0) is 14.8. The van der Waals surface area contributed by atoms with Crippen molar-refractivity contribution in [3.8, 4) is 11.5 Å². The van der Waals surface area contributed by atoms with Gasteiger partial charge in [0.2, 0.25) is 0 Å². The van der Waals surface area contributed by atoms with Crippen LogP contribution in [0.15, 0.2) is 28.8 Å². The molecule has 1 aromatic heterocycles. The Labute approximate surface area is 128 Å². The van der Waals surface area contributed by atoms with Crippen LogP contribution in [0.25, 0.3) is 11.5 Å². The molecule has 0 aliphatic carbocycles. The largest absolute Gasteiger partial charge is 0.395 e. The van der Waals surface area contributed by atoms with Gasteiger partial charge in [0.1, 0.15) is 0 Å². The van der Waals surface area contributed by atoms with Gasteiger partial charge < -0.3 is 9.63 Å². The normalized spacial score (nSPS) is 22.8. The third-order valence-electron chi connectivity index (χ3n) is 4.09. The zero-order valence-corrected chi connectivity index (χ0v) is 12.6. The summed E-state index contributed by atoms with van der Waals surface area (Å²) in [6, 6.07) is 7.49. The van der Waals surface area contributed by atoms with Crippen LogP contribution < -0.4 is 0 Å². The van der Waals surface area contributed by atoms with E-state index >= 15 is 0 Å². The van der Waals surface area contributed by atoms with Crippen LogP contribution in [0.3, 0.4) is 0 Å². The predicted octanol–water partition coefficient (Wildman–Crippen LogP) is 2.59. The van der Waals surface area contributed by atoms with Gasteiger partial charge in [-0.3, -0.25) is 4.90 Å². The van der Waals surface area contributed by atoms with E-state index in [2.05, 4.69) is 22.0 Å². The Morgan fingerprint density at radius 3 is 2.86 bits per heavy atom. The van der Waals surface area contributed by atoms with Gasteiger partial charge in [0.15, 0.2) is 5.82 Å². The summed E-state index contributed by atoms with van der Waals surface area (Å²) in [5.74, 6) is 1.64. The van der Waals surface area contributed by atoms with Crippen molar-refractivity contribution in [2.24, 2.45) is 5.92 Å². The van der Waals surface area contributed by atoms with E-state index < -0.39 is 0 Å². The number of likely N-dealkylation sites (tertiary alicyclic amines) is 1. The summed E-state index contributed by atoms with van der Waals surface area (Å²) in [6.45, 7) is 3.89. The maximum Gasteiger partial charge on any atom is 0.257 e. The van der Waals surface area contributed by atoms with Crippen LogP contribution in [0.1, 0.15) is 19.2 Å². The second-order valence-corrected chi connectivity index (χ2v) is 5.95. The van der Waals surface area contributed by atoms with Crippen molar-refractivity contribution in [3.05, 3.63) is 35.1 Å². The molecule has 112 valence electrons. The first-order valence-electron chi connectivity index (χ1n) is 7.11. The van der Waals surface area contributed by atoms with E-state index in [1.165, 1.54) is 0 Å². The van der Waals surface area contributed by atoms with Crippen LogP contribution >= 0.6 is 11.6 Å². The smallest absolute Gasteiger partial charge is 0.257 e. The molecule has 1 aromatic carbocycles. The molecule has 1 aliphatic heterocycles. The van der Waals surface area contributed by atoms with Crippen LogP contribution in [0, 0.1) is 5.92 Å². The number of aromatic nitrogens is 2. The summed E-state index contributed by atoms with van der Waals surface area (Å²) in [5, 5.41) is 14.2. The van der Waals surface area contributed by atoms with Gasteiger partial charge in [-0.05, 0) is 43.1 Å². The molecule has 0 radical (unpaired) electrons. The highest BCUT2D eigenvalue weighted by Crippen LogP contribution is 2.25. The quantitative estimate of drug-likeness (QED) is 0.940. The first-order chi connectivity index (χ1) is 10.2. The van der Waals surface area contributed by atoms with Gasteiger partial charge in [-0.2, -0.15) is 4.98 Å². The summed E-state index contributed by atoms with van der Waals surface area (Å²) in [5.41, 5.74) is 0.853. The van der Waals surface area contributed by atoms with Crippen molar-refractivity contribution < 1.29 is 9.63 Å². The van der Waals surface area contributed by atoms with Crippen molar-refractivity contribution in [2.45, 2.75) is 25.9 Å². The summed E-state index contributed by atoms with van der Waals surface area (Å²) in [6.07, 6.45) is 1.09. The summed E-state index contributed by atoms with van der Waals surface area (Å²) >= 11 is 5.87. The summed E-state index contributed by atoms with van der Waals surface area (Å²) in [4.78, 5) is 6.63. The Morgan fingerprint density at radius 2 is 2.14 bits per heavy atom. The minimum absolute atomic E-state index is 0.170. The van der Waals surface area contributed by atoms with Crippen molar-refractivity contribution in [1.82, 2.24) is 15.0 Å². The molecule has 21 heavy (non-hydrogen) atoms. The first kappa shape index (κ1) is 14.5. The Balaban J connectivity index is 1.72. The molecule has 3 rings (SSSR count). The third kappa shape index (κ3) is 3.10. The lowest BCUT2D eigenvalue weighted by molar-refractivity contribution is 0.131. The molecule has 0 spiro atoms. The lowest BCUT2D eigenvalue weighted by atomic mass is 10.0. The molecule has 2 heterocycles. The average molecular weight is 308 g/mol. The Morgan fingerprint density at radius 1 is 1.38 bits per heavy atom. The second-order valence-electron chi connectivity index (χ2n) is 5.51. The van der Waals surface area contributed by atoms with Gasteiger partial charge in [-0.15, -0.1) is 0 Å². The van der Waals surface area contributed by atoms with E-state index in [0.717, 1.165) is 18.5 Å². The SMILES string of the molecule is CC1CCN(Cc2noc(-c3ccc(Cl)cc3)n2)C1CO. The van der Waals surface area contributed by atoms with E-state index in [1.54, 1.807) is 12.1 Å². The van der Waals surface area contributed by atoms with Gasteiger partial charge in [-0.25, -0.2) is 0 Å². The Bertz CT molecular complexity index is 599. The summed E-state index contributed by atoms with van der Waals surface area (Å²) < 4.78 is 5.30. The highest BCUT2D eigenvalue weighted by atomic mass is 35.5. The van der Waals surface area contributed by atoms with Crippen molar-refractivity contribution in [1.29, 1.82) is 0 Å². The van der Waals surface area contributed by atoms with Gasteiger partial charge in [0.05, 0.1) is 13.2 Å². The molecule has 5 nitrogen and oxygen atoms in total. The first-order valence-corrected chi connectivity index (χ1v) is 7.48. The second kappa shape index (κ2) is 6.13. The van der Waals surface area contributed by atoms with Crippen LogP contribution in [0.2, 0.25) is 5.02 Å². The molecule has 2 atom stereocenters. The van der Waals surface area contributed by atoms with Gasteiger partial charge in [0.25, 0.3) is 5.89 Å². The van der Waals surface area contributed by atoms with Gasteiger partial charge >= 0.3 is 0 Å². The molecule has 1 aliphatic rings. The number of halogens is 1. The van der Waals surface area contributed by atoms with Gasteiger partial charge in [0, 0.05) is 16.6 Å². The number of hydrogen-bond acceptors (Lipinski definition) is 5. The Kier molecular flexibility index (Phi) is 4.24. The molecule has 1 fully saturated rings. The minimum atomic E-state index is 0.170. The fourth-order valence-electron chi connectivity index (χ4n) is 2.79. The minimum Gasteiger partial charge on any atom is -0.395 e. The number of aliphatic hydroxyl groups is 1. The van der Waals surface area contributed by atoms with E-state index in [1.807, 2.05) is 12.1 Å². The summed E-state index contributed by atoms with van der Waals surface area (Å²) in [7, 11) is 0. The molecule has 0 bridgehead atoms. The maximum atomic E-state index is 9.48. The van der Waals surface area contributed by atoms with Crippen molar-refractivity contribution >= 4 is 11.6 Å². The van der Waals surface area contributed by atoms with E-state index in [-0.39, 0.29) is 12.6 Å². The van der Waals surface area contributed by atoms with Crippen LogP contribution in [0.5, 0.6) is 0 Å². The monoisotopic (exact) mass is 307 g/mol. The molecule has 0 amide bonds. The third-order valence-corrected chi connectivity index (χ3v) is 4.34. The van der Waals surface area contributed by atoms with E-state index in [0.29, 0.717) is 29.2 Å². The average Bonchev–Trinajstić information content (AvgIpc) is 3.07.